The predicted octanol–water partition coefficient (Wildman–Crippen LogP) is 2.99. The molecule has 0 aliphatic carbocycles. The molecule has 4 heteroatoms. The van der Waals surface area contributed by atoms with Crippen molar-refractivity contribution in [3.63, 3.8) is 0 Å². The molecule has 0 saturated carbocycles. The third-order valence-electron chi connectivity index (χ3n) is 2.13. The first-order valence-corrected chi connectivity index (χ1v) is 6.52. The van der Waals surface area contributed by atoms with Gasteiger partial charge in [0.2, 0.25) is 0 Å². The lowest BCUT2D eigenvalue weighted by Crippen LogP contribution is -2.10. The smallest absolute Gasteiger partial charge is 0.125 e. The molecule has 0 aromatic heterocycles. The molecule has 0 amide bonds. The van der Waals surface area contributed by atoms with Gasteiger partial charge in [-0.3, -0.25) is 0 Å². The molecule has 17 heavy (non-hydrogen) atoms. The van der Waals surface area contributed by atoms with E-state index in [4.69, 9.17) is 9.47 Å². The van der Waals surface area contributed by atoms with Crippen LogP contribution in [-0.2, 0) is 11.3 Å². The highest BCUT2D eigenvalue weighted by atomic mass is 79.9. The van der Waals surface area contributed by atoms with Gasteiger partial charge in [-0.05, 0) is 24.1 Å². The molecule has 1 rings (SSSR count). The summed E-state index contributed by atoms with van der Waals surface area (Å²) in [5.74, 6) is 1.25. The van der Waals surface area contributed by atoms with Crippen molar-refractivity contribution in [2.45, 2.75) is 20.5 Å². The summed E-state index contributed by atoms with van der Waals surface area (Å²) in [5, 5.41) is 9.19. The summed E-state index contributed by atoms with van der Waals surface area (Å²) < 4.78 is 11.9. The molecule has 0 radical (unpaired) electrons. The van der Waals surface area contributed by atoms with Gasteiger partial charge < -0.3 is 14.6 Å². The van der Waals surface area contributed by atoms with Crippen LogP contribution >= 0.6 is 15.9 Å². The van der Waals surface area contributed by atoms with Gasteiger partial charge in [0, 0.05) is 16.6 Å². The number of rotatable bonds is 7. The lowest BCUT2D eigenvalue weighted by Gasteiger charge is -2.11. The number of hydrogen-bond donors (Lipinski definition) is 1. The Labute approximate surface area is 111 Å². The lowest BCUT2D eigenvalue weighted by atomic mass is 10.2. The Kier molecular flexibility index (Phi) is 6.55. The van der Waals surface area contributed by atoms with E-state index in [1.54, 1.807) is 0 Å². The second kappa shape index (κ2) is 7.69. The maximum atomic E-state index is 9.19. The monoisotopic (exact) mass is 302 g/mol. The molecule has 1 N–H and O–H groups in total. The maximum absolute atomic E-state index is 9.19. The van der Waals surface area contributed by atoms with Crippen molar-refractivity contribution >= 4 is 15.9 Å². The number of halogens is 1. The van der Waals surface area contributed by atoms with Gasteiger partial charge in [0.15, 0.2) is 0 Å². The zero-order valence-corrected chi connectivity index (χ0v) is 11.9. The van der Waals surface area contributed by atoms with Crippen LogP contribution in [0.5, 0.6) is 5.75 Å². The summed E-state index contributed by atoms with van der Waals surface area (Å²) in [4.78, 5) is 0. The Morgan fingerprint density at radius 3 is 2.71 bits per heavy atom. The molecule has 0 unspecified atom stereocenters. The number of benzene rings is 1. The summed E-state index contributed by atoms with van der Waals surface area (Å²) in [5.41, 5.74) is 0.781. The summed E-state index contributed by atoms with van der Waals surface area (Å²) in [6, 6.07) is 5.59. The van der Waals surface area contributed by atoms with Crippen LogP contribution in [0.3, 0.4) is 0 Å². The van der Waals surface area contributed by atoms with Gasteiger partial charge in [0.25, 0.3) is 0 Å². The van der Waals surface area contributed by atoms with E-state index >= 15 is 0 Å². The minimum Gasteiger partial charge on any atom is -0.491 e. The quantitative estimate of drug-likeness (QED) is 0.787. The van der Waals surface area contributed by atoms with Crippen LogP contribution in [-0.4, -0.2) is 24.9 Å². The van der Waals surface area contributed by atoms with Crippen molar-refractivity contribution in [3.05, 3.63) is 28.2 Å². The predicted molar refractivity (Wildman–Crippen MR) is 71.2 cm³/mol. The third-order valence-corrected chi connectivity index (χ3v) is 2.62. The maximum Gasteiger partial charge on any atom is 0.125 e. The fourth-order valence-electron chi connectivity index (χ4n) is 1.34. The average molecular weight is 303 g/mol. The number of ether oxygens (including phenoxy) is 2. The Morgan fingerprint density at radius 1 is 1.29 bits per heavy atom. The Bertz CT molecular complexity index is 339. The molecule has 0 atom stereocenters. The van der Waals surface area contributed by atoms with Gasteiger partial charge in [-0.25, -0.2) is 0 Å². The average Bonchev–Trinajstić information content (AvgIpc) is 2.29. The molecule has 0 fully saturated rings. The van der Waals surface area contributed by atoms with Crippen molar-refractivity contribution in [1.29, 1.82) is 0 Å². The van der Waals surface area contributed by atoms with Gasteiger partial charge in [-0.1, -0.05) is 29.8 Å². The van der Waals surface area contributed by atoms with E-state index < -0.39 is 0 Å². The fraction of sp³-hybridized carbons (Fsp3) is 0.538. The van der Waals surface area contributed by atoms with E-state index in [1.165, 1.54) is 0 Å². The molecule has 0 saturated heterocycles. The summed E-state index contributed by atoms with van der Waals surface area (Å²) in [6.45, 7) is 6.01. The fourth-order valence-corrected chi connectivity index (χ4v) is 1.75. The van der Waals surface area contributed by atoms with Crippen LogP contribution in [0.15, 0.2) is 22.7 Å². The van der Waals surface area contributed by atoms with Crippen LogP contribution in [0.2, 0.25) is 0 Å². The SMILES string of the molecule is CC(C)COCCOc1ccc(Br)cc1CO. The molecule has 3 nitrogen and oxygen atoms in total. The van der Waals surface area contributed by atoms with Crippen LogP contribution in [0.25, 0.3) is 0 Å². The van der Waals surface area contributed by atoms with Gasteiger partial charge >= 0.3 is 0 Å². The number of aliphatic hydroxyl groups excluding tert-OH is 1. The molecule has 1 aromatic carbocycles. The van der Waals surface area contributed by atoms with Crippen LogP contribution in [0.4, 0.5) is 0 Å². The van der Waals surface area contributed by atoms with Gasteiger partial charge in [0.05, 0.1) is 13.2 Å². The lowest BCUT2D eigenvalue weighted by molar-refractivity contribution is 0.0812. The topological polar surface area (TPSA) is 38.7 Å². The molecule has 96 valence electrons. The molecule has 0 aliphatic heterocycles. The molecule has 0 aliphatic rings. The number of aliphatic hydroxyl groups is 1. The number of hydrogen-bond acceptors (Lipinski definition) is 3. The zero-order chi connectivity index (χ0) is 12.7. The Hall–Kier alpha value is -0.580. The van der Waals surface area contributed by atoms with Gasteiger partial charge in [-0.15, -0.1) is 0 Å². The van der Waals surface area contributed by atoms with Crippen molar-refractivity contribution in [2.75, 3.05) is 19.8 Å². The summed E-state index contributed by atoms with van der Waals surface area (Å²) in [7, 11) is 0. The van der Waals surface area contributed by atoms with Crippen molar-refractivity contribution in [1.82, 2.24) is 0 Å². The first kappa shape index (κ1) is 14.5. The minimum atomic E-state index is -0.0262. The van der Waals surface area contributed by atoms with Gasteiger partial charge in [0.1, 0.15) is 12.4 Å². The van der Waals surface area contributed by atoms with E-state index in [2.05, 4.69) is 29.8 Å². The first-order valence-electron chi connectivity index (χ1n) is 5.73. The Balaban J connectivity index is 2.36. The van der Waals surface area contributed by atoms with E-state index in [-0.39, 0.29) is 6.61 Å². The summed E-state index contributed by atoms with van der Waals surface area (Å²) in [6.07, 6.45) is 0. The Morgan fingerprint density at radius 2 is 2.06 bits per heavy atom. The molecule has 0 spiro atoms. The standard InChI is InChI=1S/C13H19BrO3/c1-10(2)9-16-5-6-17-13-4-3-12(14)7-11(13)8-15/h3-4,7,10,15H,5-6,8-9H2,1-2H3. The minimum absolute atomic E-state index is 0.0262. The molecule has 0 heterocycles. The van der Waals surface area contributed by atoms with Crippen molar-refractivity contribution in [2.24, 2.45) is 5.92 Å². The van der Waals surface area contributed by atoms with E-state index in [9.17, 15) is 5.11 Å². The first-order chi connectivity index (χ1) is 8.13. The molecule has 1 aromatic rings. The molecular formula is C13H19BrO3. The van der Waals surface area contributed by atoms with Crippen molar-refractivity contribution < 1.29 is 14.6 Å². The van der Waals surface area contributed by atoms with Gasteiger partial charge in [-0.2, -0.15) is 0 Å². The second-order valence-electron chi connectivity index (χ2n) is 4.23. The van der Waals surface area contributed by atoms with Crippen LogP contribution < -0.4 is 4.74 Å². The normalized spacial score (nSPS) is 10.9. The highest BCUT2D eigenvalue weighted by molar-refractivity contribution is 9.10. The van der Waals surface area contributed by atoms with Crippen LogP contribution in [0, 0.1) is 5.92 Å². The zero-order valence-electron chi connectivity index (χ0n) is 10.3. The highest BCUT2D eigenvalue weighted by Gasteiger charge is 2.03. The third kappa shape index (κ3) is 5.52. The van der Waals surface area contributed by atoms with E-state index in [0.717, 1.165) is 16.6 Å². The van der Waals surface area contributed by atoms with E-state index in [0.29, 0.717) is 24.9 Å². The molecule has 0 bridgehead atoms. The molecular weight excluding hydrogens is 284 g/mol. The van der Waals surface area contributed by atoms with E-state index in [1.807, 2.05) is 18.2 Å². The highest BCUT2D eigenvalue weighted by Crippen LogP contribution is 2.23. The van der Waals surface area contributed by atoms with Crippen molar-refractivity contribution in [3.8, 4) is 5.75 Å². The second-order valence-corrected chi connectivity index (χ2v) is 5.14. The largest absolute Gasteiger partial charge is 0.491 e. The summed E-state index contributed by atoms with van der Waals surface area (Å²) >= 11 is 3.35. The van der Waals surface area contributed by atoms with Crippen LogP contribution in [0.1, 0.15) is 19.4 Å².